The number of esters is 1. The molecule has 1 aliphatic carbocycles. The summed E-state index contributed by atoms with van der Waals surface area (Å²) in [7, 11) is 0. The van der Waals surface area contributed by atoms with Crippen LogP contribution in [0.3, 0.4) is 0 Å². The first-order chi connectivity index (χ1) is 7.65. The quantitative estimate of drug-likeness (QED) is 0.756. The van der Waals surface area contributed by atoms with Crippen molar-refractivity contribution in [3.63, 3.8) is 0 Å². The highest BCUT2D eigenvalue weighted by atomic mass is 35.5. The summed E-state index contributed by atoms with van der Waals surface area (Å²) in [6.45, 7) is 4.36. The van der Waals surface area contributed by atoms with Crippen LogP contribution in [0.4, 0.5) is 0 Å². The molecule has 1 saturated carbocycles. The zero-order valence-corrected chi connectivity index (χ0v) is 10.2. The standard InChI is InChI=1S/C13H15ClO2/c1-3-16-13(15)12-8(2)11(12)9-5-4-6-10(14)7-9/h4-8,11-12H,3H2,1-2H3/t8-,11-,12+/m1/s1. The van der Waals surface area contributed by atoms with Crippen molar-refractivity contribution in [2.24, 2.45) is 11.8 Å². The highest BCUT2D eigenvalue weighted by Gasteiger charge is 2.53. The molecule has 2 rings (SSSR count). The fourth-order valence-electron chi connectivity index (χ4n) is 2.29. The molecule has 0 aromatic heterocycles. The highest BCUT2D eigenvalue weighted by Crippen LogP contribution is 2.54. The van der Waals surface area contributed by atoms with E-state index in [1.165, 1.54) is 0 Å². The molecule has 0 aliphatic heterocycles. The molecule has 3 heteroatoms. The monoisotopic (exact) mass is 238 g/mol. The van der Waals surface area contributed by atoms with Crippen LogP contribution in [-0.4, -0.2) is 12.6 Å². The van der Waals surface area contributed by atoms with Crippen molar-refractivity contribution >= 4 is 17.6 Å². The molecular formula is C13H15ClO2. The van der Waals surface area contributed by atoms with Crippen molar-refractivity contribution in [1.82, 2.24) is 0 Å². The van der Waals surface area contributed by atoms with Crippen molar-refractivity contribution in [1.29, 1.82) is 0 Å². The molecule has 0 bridgehead atoms. The minimum atomic E-state index is -0.0834. The zero-order chi connectivity index (χ0) is 11.7. The second kappa shape index (κ2) is 4.46. The largest absolute Gasteiger partial charge is 0.466 e. The van der Waals surface area contributed by atoms with Gasteiger partial charge in [0.25, 0.3) is 0 Å². The number of rotatable bonds is 3. The Balaban J connectivity index is 2.11. The molecule has 3 atom stereocenters. The predicted molar refractivity (Wildman–Crippen MR) is 63.5 cm³/mol. The van der Waals surface area contributed by atoms with Gasteiger partial charge in [0, 0.05) is 10.9 Å². The Hall–Kier alpha value is -1.02. The second-order valence-electron chi connectivity index (χ2n) is 4.22. The fourth-order valence-corrected chi connectivity index (χ4v) is 2.49. The lowest BCUT2D eigenvalue weighted by Gasteiger charge is -2.01. The summed E-state index contributed by atoms with van der Waals surface area (Å²) in [5, 5.41) is 0.721. The average Bonchev–Trinajstić information content (AvgIpc) is 2.90. The van der Waals surface area contributed by atoms with Gasteiger partial charge in [0.15, 0.2) is 0 Å². The number of hydrogen-bond donors (Lipinski definition) is 0. The SMILES string of the molecule is CCOC(=O)[C@H]1[C@H](C)[C@@H]1c1cccc(Cl)c1. The molecule has 86 valence electrons. The topological polar surface area (TPSA) is 26.3 Å². The molecule has 0 radical (unpaired) electrons. The van der Waals surface area contributed by atoms with E-state index in [1.807, 2.05) is 31.2 Å². The number of halogens is 1. The fraction of sp³-hybridized carbons (Fsp3) is 0.462. The summed E-state index contributed by atoms with van der Waals surface area (Å²) in [6, 6.07) is 7.72. The molecule has 0 heterocycles. The first kappa shape index (κ1) is 11.5. The first-order valence-corrected chi connectivity index (χ1v) is 5.95. The van der Waals surface area contributed by atoms with Gasteiger partial charge in [0.2, 0.25) is 0 Å². The lowest BCUT2D eigenvalue weighted by molar-refractivity contribution is -0.145. The highest BCUT2D eigenvalue weighted by molar-refractivity contribution is 6.30. The lowest BCUT2D eigenvalue weighted by Crippen LogP contribution is -2.08. The Morgan fingerprint density at radius 2 is 2.25 bits per heavy atom. The summed E-state index contributed by atoms with van der Waals surface area (Å²) in [6.07, 6.45) is 0. The molecule has 1 aliphatic rings. The number of benzene rings is 1. The van der Waals surface area contributed by atoms with Crippen LogP contribution in [0.2, 0.25) is 5.02 Å². The predicted octanol–water partition coefficient (Wildman–Crippen LogP) is 3.25. The molecule has 2 nitrogen and oxygen atoms in total. The minimum absolute atomic E-state index is 0.0124. The molecule has 0 spiro atoms. The van der Waals surface area contributed by atoms with Crippen molar-refractivity contribution in [2.45, 2.75) is 19.8 Å². The van der Waals surface area contributed by atoms with Crippen molar-refractivity contribution in [3.8, 4) is 0 Å². The Morgan fingerprint density at radius 3 is 2.88 bits per heavy atom. The van der Waals surface area contributed by atoms with E-state index >= 15 is 0 Å². The molecule has 0 N–H and O–H groups in total. The molecule has 16 heavy (non-hydrogen) atoms. The van der Waals surface area contributed by atoms with Gasteiger partial charge in [-0.15, -0.1) is 0 Å². The molecule has 0 unspecified atom stereocenters. The maximum atomic E-state index is 11.6. The van der Waals surface area contributed by atoms with Crippen LogP contribution in [0.25, 0.3) is 0 Å². The van der Waals surface area contributed by atoms with Crippen molar-refractivity contribution < 1.29 is 9.53 Å². The van der Waals surface area contributed by atoms with Gasteiger partial charge in [-0.2, -0.15) is 0 Å². The van der Waals surface area contributed by atoms with Gasteiger partial charge in [-0.3, -0.25) is 4.79 Å². The maximum absolute atomic E-state index is 11.6. The van der Waals surface area contributed by atoms with Crippen molar-refractivity contribution in [3.05, 3.63) is 34.9 Å². The average molecular weight is 239 g/mol. The van der Waals surface area contributed by atoms with Crippen LogP contribution in [0.15, 0.2) is 24.3 Å². The third-order valence-electron chi connectivity index (χ3n) is 3.17. The van der Waals surface area contributed by atoms with E-state index in [0.717, 1.165) is 10.6 Å². The van der Waals surface area contributed by atoms with E-state index in [2.05, 4.69) is 6.92 Å². The summed E-state index contributed by atoms with van der Waals surface area (Å²) in [5.41, 5.74) is 1.14. The molecule has 0 amide bonds. The molecule has 1 aromatic carbocycles. The Bertz CT molecular complexity index is 403. The Labute approximate surface area is 101 Å². The van der Waals surface area contributed by atoms with E-state index in [4.69, 9.17) is 16.3 Å². The summed E-state index contributed by atoms with van der Waals surface area (Å²) < 4.78 is 5.05. The summed E-state index contributed by atoms with van der Waals surface area (Å²) >= 11 is 5.94. The Kier molecular flexibility index (Phi) is 3.20. The van der Waals surface area contributed by atoms with Crippen LogP contribution < -0.4 is 0 Å². The number of carbonyl (C=O) groups excluding carboxylic acids is 1. The minimum Gasteiger partial charge on any atom is -0.466 e. The third-order valence-corrected chi connectivity index (χ3v) is 3.41. The Morgan fingerprint density at radius 1 is 1.50 bits per heavy atom. The summed E-state index contributed by atoms with van der Waals surface area (Å²) in [4.78, 5) is 11.6. The van der Waals surface area contributed by atoms with Gasteiger partial charge in [-0.05, 0) is 30.5 Å². The van der Waals surface area contributed by atoms with Crippen LogP contribution in [0, 0.1) is 11.8 Å². The normalized spacial score (nSPS) is 27.6. The van der Waals surface area contributed by atoms with Gasteiger partial charge < -0.3 is 4.74 Å². The van der Waals surface area contributed by atoms with Gasteiger partial charge in [0.1, 0.15) is 0 Å². The maximum Gasteiger partial charge on any atom is 0.309 e. The van der Waals surface area contributed by atoms with E-state index < -0.39 is 0 Å². The number of hydrogen-bond acceptors (Lipinski definition) is 2. The lowest BCUT2D eigenvalue weighted by atomic mass is 10.1. The summed E-state index contributed by atoms with van der Waals surface area (Å²) in [5.74, 6) is 0.564. The van der Waals surface area contributed by atoms with Crippen molar-refractivity contribution in [2.75, 3.05) is 6.61 Å². The van der Waals surface area contributed by atoms with Gasteiger partial charge in [-0.1, -0.05) is 30.7 Å². The van der Waals surface area contributed by atoms with E-state index in [0.29, 0.717) is 12.5 Å². The third kappa shape index (κ3) is 2.07. The first-order valence-electron chi connectivity index (χ1n) is 5.57. The van der Waals surface area contributed by atoms with E-state index in [9.17, 15) is 4.79 Å². The molecule has 1 fully saturated rings. The second-order valence-corrected chi connectivity index (χ2v) is 4.65. The molecule has 1 aromatic rings. The van der Waals surface area contributed by atoms with Crippen LogP contribution in [0.1, 0.15) is 25.3 Å². The van der Waals surface area contributed by atoms with E-state index in [1.54, 1.807) is 0 Å². The van der Waals surface area contributed by atoms with Crippen LogP contribution >= 0.6 is 11.6 Å². The van der Waals surface area contributed by atoms with Crippen LogP contribution in [-0.2, 0) is 9.53 Å². The molecule has 0 saturated heterocycles. The molecular weight excluding hydrogens is 224 g/mol. The number of carbonyl (C=O) groups is 1. The number of ether oxygens (including phenoxy) is 1. The van der Waals surface area contributed by atoms with Gasteiger partial charge in [0.05, 0.1) is 12.5 Å². The van der Waals surface area contributed by atoms with E-state index in [-0.39, 0.29) is 17.8 Å². The van der Waals surface area contributed by atoms with Crippen LogP contribution in [0.5, 0.6) is 0 Å². The van der Waals surface area contributed by atoms with Gasteiger partial charge >= 0.3 is 5.97 Å². The van der Waals surface area contributed by atoms with Gasteiger partial charge in [-0.25, -0.2) is 0 Å². The zero-order valence-electron chi connectivity index (χ0n) is 9.44. The smallest absolute Gasteiger partial charge is 0.309 e.